The van der Waals surface area contributed by atoms with Crippen molar-refractivity contribution in [2.45, 2.75) is 19.0 Å². The number of benzene rings is 2. The van der Waals surface area contributed by atoms with Crippen molar-refractivity contribution in [2.24, 2.45) is 0 Å². The van der Waals surface area contributed by atoms with E-state index in [2.05, 4.69) is 15.5 Å². The summed E-state index contributed by atoms with van der Waals surface area (Å²) in [5.74, 6) is 0.411. The quantitative estimate of drug-likeness (QED) is 0.362. The lowest BCUT2D eigenvalue weighted by molar-refractivity contribution is -0.384. The van der Waals surface area contributed by atoms with E-state index in [-0.39, 0.29) is 23.9 Å². The Morgan fingerprint density at radius 1 is 1.16 bits per heavy atom. The van der Waals surface area contributed by atoms with Gasteiger partial charge in [-0.1, -0.05) is 17.3 Å². The predicted octanol–water partition coefficient (Wildman–Crippen LogP) is 2.62. The molecule has 3 amide bonds. The highest BCUT2D eigenvalue weighted by molar-refractivity contribution is 6.07. The van der Waals surface area contributed by atoms with Gasteiger partial charge in [0, 0.05) is 17.7 Å². The molecule has 0 spiro atoms. The number of hydrogen-bond acceptors (Lipinski definition) is 8. The van der Waals surface area contributed by atoms with E-state index in [9.17, 15) is 19.7 Å². The van der Waals surface area contributed by atoms with E-state index in [0.29, 0.717) is 16.9 Å². The molecule has 1 fully saturated rings. The first kappa shape index (κ1) is 20.0. The van der Waals surface area contributed by atoms with Crippen LogP contribution in [-0.2, 0) is 16.9 Å². The van der Waals surface area contributed by atoms with Crippen LogP contribution in [0.15, 0.2) is 53.1 Å². The van der Waals surface area contributed by atoms with Crippen LogP contribution in [0.25, 0.3) is 11.4 Å². The van der Waals surface area contributed by atoms with Gasteiger partial charge in [-0.15, -0.1) is 0 Å². The molecular weight excluding hydrogens is 406 g/mol. The van der Waals surface area contributed by atoms with Crippen LogP contribution in [0, 0.1) is 10.1 Å². The van der Waals surface area contributed by atoms with Crippen LogP contribution in [0.1, 0.15) is 18.4 Å². The molecule has 1 unspecified atom stereocenters. The van der Waals surface area contributed by atoms with Crippen LogP contribution in [0.4, 0.5) is 10.5 Å². The van der Waals surface area contributed by atoms with Gasteiger partial charge in [-0.2, -0.15) is 4.98 Å². The standard InChI is InChI=1S/C20H17N5O6/c1-20(13-5-9-15(30-2)10-6-13)18(26)24(19(27)22-20)11-16-21-17(23-31-16)12-3-7-14(8-4-12)25(28)29/h3-10H,11H2,1-2H3,(H,22,27). The molecule has 2 heterocycles. The molecule has 1 aliphatic heterocycles. The normalized spacial score (nSPS) is 18.2. The fraction of sp³-hybridized carbons (Fsp3) is 0.200. The van der Waals surface area contributed by atoms with Gasteiger partial charge in [0.2, 0.25) is 11.7 Å². The molecule has 0 aliphatic carbocycles. The maximum atomic E-state index is 13.0. The maximum absolute atomic E-state index is 13.0. The first-order chi connectivity index (χ1) is 14.8. The number of urea groups is 1. The van der Waals surface area contributed by atoms with Crippen LogP contribution in [-0.4, -0.2) is 39.0 Å². The van der Waals surface area contributed by atoms with Gasteiger partial charge in [0.15, 0.2) is 0 Å². The number of rotatable bonds is 6. The summed E-state index contributed by atoms with van der Waals surface area (Å²) in [6.45, 7) is 1.40. The molecule has 11 nitrogen and oxygen atoms in total. The number of ether oxygens (including phenoxy) is 1. The van der Waals surface area contributed by atoms with E-state index < -0.39 is 22.4 Å². The Hall–Kier alpha value is -4.28. The Morgan fingerprint density at radius 2 is 1.84 bits per heavy atom. The minimum atomic E-state index is -1.25. The number of nitrogens with one attached hydrogen (secondary N) is 1. The molecule has 1 N–H and O–H groups in total. The smallest absolute Gasteiger partial charge is 0.325 e. The lowest BCUT2D eigenvalue weighted by atomic mass is 9.92. The van der Waals surface area contributed by atoms with Gasteiger partial charge < -0.3 is 14.6 Å². The summed E-state index contributed by atoms with van der Waals surface area (Å²) in [5.41, 5.74) is -0.207. The van der Waals surface area contributed by atoms with Crippen LogP contribution in [0.5, 0.6) is 5.75 Å². The van der Waals surface area contributed by atoms with Gasteiger partial charge in [-0.3, -0.25) is 19.8 Å². The molecule has 2 aromatic carbocycles. The molecule has 158 valence electrons. The predicted molar refractivity (Wildman–Crippen MR) is 106 cm³/mol. The first-order valence-electron chi connectivity index (χ1n) is 9.18. The minimum absolute atomic E-state index is 0.0517. The fourth-order valence-corrected chi connectivity index (χ4v) is 3.26. The number of methoxy groups -OCH3 is 1. The number of nitro groups is 1. The summed E-state index contributed by atoms with van der Waals surface area (Å²) in [6, 6.07) is 11.9. The average molecular weight is 423 g/mol. The summed E-state index contributed by atoms with van der Waals surface area (Å²) < 4.78 is 10.3. The molecule has 3 aromatic rings. The van der Waals surface area contributed by atoms with E-state index in [4.69, 9.17) is 9.26 Å². The summed E-state index contributed by atoms with van der Waals surface area (Å²) in [5, 5.41) is 17.3. The number of hydrogen-bond donors (Lipinski definition) is 1. The van der Waals surface area contributed by atoms with Gasteiger partial charge in [-0.25, -0.2) is 4.79 Å². The van der Waals surface area contributed by atoms with Crippen molar-refractivity contribution in [1.82, 2.24) is 20.4 Å². The third-order valence-corrected chi connectivity index (χ3v) is 5.04. The zero-order valence-electron chi connectivity index (χ0n) is 16.6. The number of imide groups is 1. The number of non-ortho nitro benzene ring substituents is 1. The summed E-state index contributed by atoms with van der Waals surface area (Å²) in [6.07, 6.45) is 0. The molecule has 0 saturated carbocycles. The molecule has 1 aliphatic rings. The first-order valence-corrected chi connectivity index (χ1v) is 9.18. The number of aromatic nitrogens is 2. The third-order valence-electron chi connectivity index (χ3n) is 5.04. The Balaban J connectivity index is 1.52. The molecule has 1 saturated heterocycles. The van der Waals surface area contributed by atoms with E-state index in [1.807, 2.05) is 0 Å². The van der Waals surface area contributed by atoms with Crippen molar-refractivity contribution in [3.63, 3.8) is 0 Å². The number of nitrogens with zero attached hydrogens (tertiary/aromatic N) is 4. The van der Waals surface area contributed by atoms with Crippen LogP contribution in [0.3, 0.4) is 0 Å². The van der Waals surface area contributed by atoms with Gasteiger partial charge in [0.25, 0.3) is 11.6 Å². The fourth-order valence-electron chi connectivity index (χ4n) is 3.26. The third kappa shape index (κ3) is 3.56. The summed E-state index contributed by atoms with van der Waals surface area (Å²) in [7, 11) is 1.54. The van der Waals surface area contributed by atoms with Gasteiger partial charge >= 0.3 is 6.03 Å². The highest BCUT2D eigenvalue weighted by Crippen LogP contribution is 2.31. The number of carbonyl (C=O) groups is 2. The van der Waals surface area contributed by atoms with Crippen molar-refractivity contribution in [3.8, 4) is 17.1 Å². The Labute approximate surface area is 175 Å². The monoisotopic (exact) mass is 423 g/mol. The van der Waals surface area contributed by atoms with Crippen molar-refractivity contribution >= 4 is 17.6 Å². The largest absolute Gasteiger partial charge is 0.497 e. The van der Waals surface area contributed by atoms with Crippen LogP contribution >= 0.6 is 0 Å². The molecule has 0 bridgehead atoms. The van der Waals surface area contributed by atoms with Gasteiger partial charge in [0.05, 0.1) is 12.0 Å². The zero-order chi connectivity index (χ0) is 22.2. The maximum Gasteiger partial charge on any atom is 0.325 e. The lowest BCUT2D eigenvalue weighted by Gasteiger charge is -2.22. The molecule has 11 heteroatoms. The lowest BCUT2D eigenvalue weighted by Crippen LogP contribution is -2.40. The molecule has 1 aromatic heterocycles. The second-order valence-electron chi connectivity index (χ2n) is 6.99. The molecule has 31 heavy (non-hydrogen) atoms. The zero-order valence-corrected chi connectivity index (χ0v) is 16.6. The Bertz CT molecular complexity index is 1160. The van der Waals surface area contributed by atoms with Crippen LogP contribution < -0.4 is 10.1 Å². The molecule has 0 radical (unpaired) electrons. The Kier molecular flexibility index (Phi) is 4.85. The van der Waals surface area contributed by atoms with E-state index in [0.717, 1.165) is 4.90 Å². The Morgan fingerprint density at radius 3 is 2.45 bits per heavy atom. The second kappa shape index (κ2) is 7.52. The van der Waals surface area contributed by atoms with E-state index >= 15 is 0 Å². The molecular formula is C20H17N5O6. The molecule has 1 atom stereocenters. The highest BCUT2D eigenvalue weighted by atomic mass is 16.6. The van der Waals surface area contributed by atoms with Gasteiger partial charge in [0.1, 0.15) is 17.8 Å². The second-order valence-corrected chi connectivity index (χ2v) is 6.99. The summed E-state index contributed by atoms with van der Waals surface area (Å²) >= 11 is 0. The van der Waals surface area contributed by atoms with E-state index in [1.54, 1.807) is 31.2 Å². The topological polar surface area (TPSA) is 141 Å². The summed E-state index contributed by atoms with van der Waals surface area (Å²) in [4.78, 5) is 41.0. The minimum Gasteiger partial charge on any atom is -0.497 e. The van der Waals surface area contributed by atoms with Crippen molar-refractivity contribution in [2.75, 3.05) is 7.11 Å². The highest BCUT2D eigenvalue weighted by Gasteiger charge is 2.49. The number of nitro benzene ring substituents is 1. The van der Waals surface area contributed by atoms with Crippen molar-refractivity contribution in [1.29, 1.82) is 0 Å². The van der Waals surface area contributed by atoms with Crippen molar-refractivity contribution < 1.29 is 23.8 Å². The molecule has 4 rings (SSSR count). The SMILES string of the molecule is COc1ccc(C2(C)NC(=O)N(Cc3nc(-c4ccc([N+](=O)[O-])cc4)no3)C2=O)cc1. The average Bonchev–Trinajstić information content (AvgIpc) is 3.33. The number of carbonyl (C=O) groups excluding carboxylic acids is 2. The van der Waals surface area contributed by atoms with E-state index in [1.165, 1.54) is 31.4 Å². The number of amides is 3. The van der Waals surface area contributed by atoms with Gasteiger partial charge in [-0.05, 0) is 36.8 Å². The van der Waals surface area contributed by atoms with Crippen molar-refractivity contribution in [3.05, 3.63) is 70.1 Å². The van der Waals surface area contributed by atoms with Crippen LogP contribution in [0.2, 0.25) is 0 Å².